The van der Waals surface area contributed by atoms with Crippen LogP contribution in [0.4, 0.5) is 5.95 Å². The van der Waals surface area contributed by atoms with Crippen molar-refractivity contribution < 1.29 is 0 Å². The van der Waals surface area contributed by atoms with Gasteiger partial charge in [0.25, 0.3) is 5.56 Å². The molecule has 0 N–H and O–H groups in total. The molecule has 1 aliphatic rings. The number of hydrogen-bond donors (Lipinski definition) is 0. The van der Waals surface area contributed by atoms with Gasteiger partial charge >= 0.3 is 0 Å². The van der Waals surface area contributed by atoms with Crippen molar-refractivity contribution >= 4 is 32.8 Å². The third-order valence-corrected chi connectivity index (χ3v) is 4.15. The Morgan fingerprint density at radius 3 is 2.68 bits per heavy atom. The lowest BCUT2D eigenvalue weighted by atomic mass is 10.1. The van der Waals surface area contributed by atoms with Gasteiger partial charge in [-0.1, -0.05) is 15.9 Å². The van der Waals surface area contributed by atoms with E-state index in [0.29, 0.717) is 5.39 Å². The smallest absolute Gasteiger partial charge is 0.262 e. The van der Waals surface area contributed by atoms with Crippen molar-refractivity contribution in [1.29, 1.82) is 0 Å². The van der Waals surface area contributed by atoms with Crippen LogP contribution in [0.5, 0.6) is 0 Å². The summed E-state index contributed by atoms with van der Waals surface area (Å²) in [6.07, 6.45) is 3.62. The fraction of sp³-hybridized carbons (Fsp3) is 0.429. The van der Waals surface area contributed by atoms with E-state index >= 15 is 0 Å². The summed E-state index contributed by atoms with van der Waals surface area (Å²) < 4.78 is 2.57. The second kappa shape index (κ2) is 4.96. The molecule has 0 unspecified atom stereocenters. The van der Waals surface area contributed by atoms with E-state index in [-0.39, 0.29) is 5.56 Å². The number of piperidine rings is 1. The summed E-state index contributed by atoms with van der Waals surface area (Å²) in [7, 11) is 1.81. The topological polar surface area (TPSA) is 38.1 Å². The molecule has 2 aromatic rings. The molecular weight excluding hydrogens is 306 g/mol. The van der Waals surface area contributed by atoms with Gasteiger partial charge in [0, 0.05) is 24.6 Å². The second-order valence-corrected chi connectivity index (χ2v) is 5.90. The Morgan fingerprint density at radius 2 is 1.95 bits per heavy atom. The molecule has 1 fully saturated rings. The lowest BCUT2D eigenvalue weighted by molar-refractivity contribution is 0.558. The minimum atomic E-state index is 0.0203. The summed E-state index contributed by atoms with van der Waals surface area (Å²) in [6.45, 7) is 1.98. The Hall–Kier alpha value is -1.36. The van der Waals surface area contributed by atoms with Crippen LogP contribution < -0.4 is 10.5 Å². The highest BCUT2D eigenvalue weighted by molar-refractivity contribution is 9.10. The van der Waals surface area contributed by atoms with Crippen LogP contribution in [0.3, 0.4) is 0 Å². The average molecular weight is 322 g/mol. The molecule has 2 heterocycles. The fourth-order valence-electron chi connectivity index (χ4n) is 2.61. The maximum Gasteiger partial charge on any atom is 0.262 e. The van der Waals surface area contributed by atoms with E-state index in [2.05, 4.69) is 25.8 Å². The number of rotatable bonds is 1. The number of benzene rings is 1. The summed E-state index contributed by atoms with van der Waals surface area (Å²) in [5.74, 6) is 0.791. The number of aromatic nitrogens is 2. The molecule has 0 spiro atoms. The van der Waals surface area contributed by atoms with Crippen molar-refractivity contribution in [2.45, 2.75) is 19.3 Å². The predicted octanol–water partition coefficient (Wildman–Crippen LogP) is 2.69. The van der Waals surface area contributed by atoms with Gasteiger partial charge in [0.15, 0.2) is 0 Å². The molecule has 1 aromatic heterocycles. The van der Waals surface area contributed by atoms with E-state index in [1.54, 1.807) is 11.6 Å². The van der Waals surface area contributed by atoms with Crippen molar-refractivity contribution in [2.75, 3.05) is 18.0 Å². The first-order valence-electron chi connectivity index (χ1n) is 6.58. The van der Waals surface area contributed by atoms with Gasteiger partial charge in [-0.2, -0.15) is 0 Å². The molecule has 0 amide bonds. The molecule has 5 heteroatoms. The Kier molecular flexibility index (Phi) is 3.31. The van der Waals surface area contributed by atoms with Crippen molar-refractivity contribution in [2.24, 2.45) is 7.05 Å². The second-order valence-electron chi connectivity index (χ2n) is 4.99. The van der Waals surface area contributed by atoms with Gasteiger partial charge in [0.05, 0.1) is 10.9 Å². The van der Waals surface area contributed by atoms with Crippen LogP contribution in [0.2, 0.25) is 0 Å². The van der Waals surface area contributed by atoms with E-state index in [9.17, 15) is 4.79 Å². The predicted molar refractivity (Wildman–Crippen MR) is 80.7 cm³/mol. The molecule has 0 radical (unpaired) electrons. The minimum Gasteiger partial charge on any atom is -0.342 e. The molecule has 100 valence electrons. The zero-order chi connectivity index (χ0) is 13.4. The van der Waals surface area contributed by atoms with Gasteiger partial charge < -0.3 is 4.90 Å². The van der Waals surface area contributed by atoms with Gasteiger partial charge in [0.2, 0.25) is 5.95 Å². The molecule has 0 atom stereocenters. The standard InChI is InChI=1S/C14H16BrN3O/c1-17-13(19)11-9-10(15)5-6-12(11)16-14(17)18-7-3-2-4-8-18/h5-6,9H,2-4,7-8H2,1H3. The van der Waals surface area contributed by atoms with Gasteiger partial charge in [0.1, 0.15) is 0 Å². The van der Waals surface area contributed by atoms with Crippen LogP contribution in [0.1, 0.15) is 19.3 Å². The Bertz CT molecular complexity index is 674. The molecule has 4 nitrogen and oxygen atoms in total. The van der Waals surface area contributed by atoms with Crippen molar-refractivity contribution in [3.8, 4) is 0 Å². The molecule has 1 aromatic carbocycles. The van der Waals surface area contributed by atoms with E-state index in [1.807, 2.05) is 18.2 Å². The molecule has 1 saturated heterocycles. The van der Waals surface area contributed by atoms with Crippen LogP contribution in [0, 0.1) is 0 Å². The maximum atomic E-state index is 12.4. The summed E-state index contributed by atoms with van der Waals surface area (Å²) in [4.78, 5) is 19.3. The lowest BCUT2D eigenvalue weighted by Crippen LogP contribution is -2.35. The SMILES string of the molecule is Cn1c(N2CCCCC2)nc2ccc(Br)cc2c1=O. The molecular formula is C14H16BrN3O. The van der Waals surface area contributed by atoms with E-state index < -0.39 is 0 Å². The van der Waals surface area contributed by atoms with Crippen molar-refractivity contribution in [3.63, 3.8) is 0 Å². The first kappa shape index (κ1) is 12.7. The monoisotopic (exact) mass is 321 g/mol. The summed E-state index contributed by atoms with van der Waals surface area (Å²) in [6, 6.07) is 5.66. The number of anilines is 1. The Morgan fingerprint density at radius 1 is 1.21 bits per heavy atom. The first-order chi connectivity index (χ1) is 9.16. The van der Waals surface area contributed by atoms with E-state index in [4.69, 9.17) is 0 Å². The molecule has 0 saturated carbocycles. The van der Waals surface area contributed by atoms with Gasteiger partial charge in [-0.15, -0.1) is 0 Å². The van der Waals surface area contributed by atoms with Gasteiger partial charge in [-0.05, 0) is 37.5 Å². The third-order valence-electron chi connectivity index (χ3n) is 3.65. The van der Waals surface area contributed by atoms with Crippen LogP contribution >= 0.6 is 15.9 Å². The zero-order valence-electron chi connectivity index (χ0n) is 10.9. The summed E-state index contributed by atoms with van der Waals surface area (Å²) in [5, 5.41) is 0.664. The highest BCUT2D eigenvalue weighted by Gasteiger charge is 2.17. The fourth-order valence-corrected chi connectivity index (χ4v) is 2.97. The van der Waals surface area contributed by atoms with Crippen LogP contribution in [-0.4, -0.2) is 22.6 Å². The number of fused-ring (bicyclic) bond motifs is 1. The van der Waals surface area contributed by atoms with Crippen LogP contribution in [-0.2, 0) is 7.05 Å². The van der Waals surface area contributed by atoms with Gasteiger partial charge in [-0.25, -0.2) is 4.98 Å². The Labute approximate surface area is 120 Å². The normalized spacial score (nSPS) is 16.0. The lowest BCUT2D eigenvalue weighted by Gasteiger charge is -2.29. The number of nitrogens with zero attached hydrogens (tertiary/aromatic N) is 3. The average Bonchev–Trinajstić information content (AvgIpc) is 2.44. The highest BCUT2D eigenvalue weighted by Crippen LogP contribution is 2.20. The number of hydrogen-bond acceptors (Lipinski definition) is 3. The van der Waals surface area contributed by atoms with Crippen LogP contribution in [0.15, 0.2) is 27.5 Å². The maximum absolute atomic E-state index is 12.4. The Balaban J connectivity index is 2.18. The zero-order valence-corrected chi connectivity index (χ0v) is 12.5. The molecule has 0 aliphatic carbocycles. The quantitative estimate of drug-likeness (QED) is 0.810. The van der Waals surface area contributed by atoms with Crippen molar-refractivity contribution in [3.05, 3.63) is 33.0 Å². The largest absolute Gasteiger partial charge is 0.342 e. The number of halogens is 1. The highest BCUT2D eigenvalue weighted by atomic mass is 79.9. The summed E-state index contributed by atoms with van der Waals surface area (Å²) >= 11 is 3.40. The first-order valence-corrected chi connectivity index (χ1v) is 7.37. The molecule has 19 heavy (non-hydrogen) atoms. The van der Waals surface area contributed by atoms with E-state index in [0.717, 1.165) is 29.0 Å². The van der Waals surface area contributed by atoms with Crippen molar-refractivity contribution in [1.82, 2.24) is 9.55 Å². The molecule has 0 bridgehead atoms. The van der Waals surface area contributed by atoms with Crippen LogP contribution in [0.25, 0.3) is 10.9 Å². The van der Waals surface area contributed by atoms with E-state index in [1.165, 1.54) is 19.3 Å². The minimum absolute atomic E-state index is 0.0203. The molecule has 1 aliphatic heterocycles. The van der Waals surface area contributed by atoms with Gasteiger partial charge in [-0.3, -0.25) is 9.36 Å². The summed E-state index contributed by atoms with van der Waals surface area (Å²) in [5.41, 5.74) is 0.791. The third kappa shape index (κ3) is 2.27. The molecule has 3 rings (SSSR count).